The van der Waals surface area contributed by atoms with Gasteiger partial charge in [0.05, 0.1) is 17.4 Å². The van der Waals surface area contributed by atoms with Crippen molar-refractivity contribution in [3.8, 4) is 5.88 Å². The van der Waals surface area contributed by atoms with Gasteiger partial charge in [-0.05, 0) is 17.7 Å². The topological polar surface area (TPSA) is 64.3 Å². The molecule has 0 spiro atoms. The zero-order valence-corrected chi connectivity index (χ0v) is 12.5. The standard InChI is InChI=1S/C16H14N2O3.ClH/c19-15(20)11-21-16-13-8-4-5-9-14(13)18(17-16)10-12-6-2-1-3-7-12;/h1-9H,10-11H2,(H,19,20);1H. The van der Waals surface area contributed by atoms with Crippen LogP contribution in [0.5, 0.6) is 5.88 Å². The molecule has 0 aliphatic heterocycles. The van der Waals surface area contributed by atoms with E-state index in [9.17, 15) is 4.79 Å². The lowest BCUT2D eigenvalue weighted by molar-refractivity contribution is -0.139. The first-order valence-electron chi connectivity index (χ1n) is 6.58. The Morgan fingerprint density at radius 3 is 2.50 bits per heavy atom. The van der Waals surface area contributed by atoms with Crippen molar-refractivity contribution in [2.75, 3.05) is 6.61 Å². The Morgan fingerprint density at radius 1 is 1.09 bits per heavy atom. The lowest BCUT2D eigenvalue weighted by atomic mass is 10.2. The Hall–Kier alpha value is -2.53. The van der Waals surface area contributed by atoms with Gasteiger partial charge in [-0.15, -0.1) is 17.5 Å². The molecule has 0 radical (unpaired) electrons. The summed E-state index contributed by atoms with van der Waals surface area (Å²) < 4.78 is 7.09. The van der Waals surface area contributed by atoms with Crippen LogP contribution in [0.15, 0.2) is 54.6 Å². The third-order valence-corrected chi connectivity index (χ3v) is 3.13. The van der Waals surface area contributed by atoms with E-state index in [0.29, 0.717) is 12.4 Å². The quantitative estimate of drug-likeness (QED) is 0.785. The molecule has 0 saturated heterocycles. The first kappa shape index (κ1) is 15.9. The van der Waals surface area contributed by atoms with Crippen molar-refractivity contribution in [1.82, 2.24) is 9.78 Å². The van der Waals surface area contributed by atoms with Crippen molar-refractivity contribution < 1.29 is 14.6 Å². The van der Waals surface area contributed by atoms with Gasteiger partial charge in [0.15, 0.2) is 6.61 Å². The molecule has 22 heavy (non-hydrogen) atoms. The van der Waals surface area contributed by atoms with E-state index in [0.717, 1.165) is 16.5 Å². The average molecular weight is 319 g/mol. The van der Waals surface area contributed by atoms with Gasteiger partial charge in [0.1, 0.15) is 0 Å². The molecule has 2 aromatic carbocycles. The minimum atomic E-state index is -1.02. The highest BCUT2D eigenvalue weighted by Crippen LogP contribution is 2.25. The summed E-state index contributed by atoms with van der Waals surface area (Å²) in [5, 5.41) is 13.9. The van der Waals surface area contributed by atoms with E-state index in [-0.39, 0.29) is 12.4 Å². The molecule has 0 saturated carbocycles. The number of para-hydroxylation sites is 1. The van der Waals surface area contributed by atoms with E-state index in [1.807, 2.05) is 59.3 Å². The van der Waals surface area contributed by atoms with Crippen molar-refractivity contribution in [1.29, 1.82) is 0 Å². The molecule has 3 aromatic rings. The lowest BCUT2D eigenvalue weighted by Crippen LogP contribution is -2.10. The second-order valence-corrected chi connectivity index (χ2v) is 4.65. The second-order valence-electron chi connectivity index (χ2n) is 4.65. The Labute approximate surface area is 133 Å². The van der Waals surface area contributed by atoms with Crippen LogP contribution in [-0.4, -0.2) is 27.5 Å². The van der Waals surface area contributed by atoms with E-state index in [2.05, 4.69) is 5.10 Å². The van der Waals surface area contributed by atoms with E-state index in [1.54, 1.807) is 0 Å². The van der Waals surface area contributed by atoms with E-state index in [4.69, 9.17) is 9.84 Å². The van der Waals surface area contributed by atoms with Crippen LogP contribution in [-0.2, 0) is 11.3 Å². The monoisotopic (exact) mass is 318 g/mol. The Bertz CT molecular complexity index is 771. The van der Waals surface area contributed by atoms with Crippen molar-refractivity contribution in [2.45, 2.75) is 6.54 Å². The Kier molecular flexibility index (Phi) is 5.01. The summed E-state index contributed by atoms with van der Waals surface area (Å²) in [6, 6.07) is 17.6. The number of halogens is 1. The molecular formula is C16H15ClN2O3. The highest BCUT2D eigenvalue weighted by Gasteiger charge is 2.12. The fourth-order valence-electron chi connectivity index (χ4n) is 2.21. The molecule has 3 rings (SSSR count). The number of ether oxygens (including phenoxy) is 1. The summed E-state index contributed by atoms with van der Waals surface area (Å²) in [5.74, 6) is -0.666. The third kappa shape index (κ3) is 3.38. The van der Waals surface area contributed by atoms with Crippen LogP contribution in [0.3, 0.4) is 0 Å². The number of fused-ring (bicyclic) bond motifs is 1. The first-order chi connectivity index (χ1) is 10.2. The van der Waals surface area contributed by atoms with Crippen LogP contribution < -0.4 is 4.74 Å². The van der Waals surface area contributed by atoms with E-state index in [1.165, 1.54) is 0 Å². The highest BCUT2D eigenvalue weighted by molar-refractivity contribution is 5.85. The summed E-state index contributed by atoms with van der Waals surface area (Å²) in [5.41, 5.74) is 2.04. The molecule has 1 N–H and O–H groups in total. The first-order valence-corrected chi connectivity index (χ1v) is 6.58. The number of hydrogen-bond donors (Lipinski definition) is 1. The number of nitrogens with zero attached hydrogens (tertiary/aromatic N) is 2. The van der Waals surface area contributed by atoms with Gasteiger partial charge >= 0.3 is 5.97 Å². The van der Waals surface area contributed by atoms with Gasteiger partial charge in [-0.1, -0.05) is 42.5 Å². The molecule has 0 fully saturated rings. The molecule has 1 heterocycles. The molecule has 114 valence electrons. The Balaban J connectivity index is 0.00000176. The zero-order valence-electron chi connectivity index (χ0n) is 11.7. The molecule has 0 aliphatic rings. The van der Waals surface area contributed by atoms with Crippen LogP contribution in [0.2, 0.25) is 0 Å². The molecule has 6 heteroatoms. The van der Waals surface area contributed by atoms with Gasteiger partial charge in [0.2, 0.25) is 5.88 Å². The predicted molar refractivity (Wildman–Crippen MR) is 85.7 cm³/mol. The second kappa shape index (κ2) is 6.95. The molecule has 0 amide bonds. The number of aliphatic carboxylic acids is 1. The normalized spacial score (nSPS) is 10.2. The fraction of sp³-hybridized carbons (Fsp3) is 0.125. The van der Waals surface area contributed by atoms with Crippen molar-refractivity contribution in [3.63, 3.8) is 0 Å². The fourth-order valence-corrected chi connectivity index (χ4v) is 2.21. The predicted octanol–water partition coefficient (Wildman–Crippen LogP) is 2.97. The molecule has 0 aliphatic carbocycles. The summed E-state index contributed by atoms with van der Waals surface area (Å²) in [7, 11) is 0. The van der Waals surface area contributed by atoms with E-state index < -0.39 is 12.6 Å². The minimum absolute atomic E-state index is 0. The summed E-state index contributed by atoms with van der Waals surface area (Å²) in [4.78, 5) is 10.6. The molecule has 0 unspecified atom stereocenters. The summed E-state index contributed by atoms with van der Waals surface area (Å²) >= 11 is 0. The number of rotatable bonds is 5. The SMILES string of the molecule is Cl.O=C(O)COc1nn(Cc2ccccc2)c2ccccc12. The van der Waals surface area contributed by atoms with Gasteiger partial charge < -0.3 is 9.84 Å². The van der Waals surface area contributed by atoms with Crippen LogP contribution in [0.1, 0.15) is 5.56 Å². The molecular weight excluding hydrogens is 304 g/mol. The molecule has 1 aromatic heterocycles. The van der Waals surface area contributed by atoms with E-state index >= 15 is 0 Å². The molecule has 0 atom stereocenters. The van der Waals surface area contributed by atoms with Gasteiger partial charge in [0, 0.05) is 0 Å². The van der Waals surface area contributed by atoms with Gasteiger partial charge in [-0.2, -0.15) is 0 Å². The molecule has 0 bridgehead atoms. The Morgan fingerprint density at radius 2 is 1.77 bits per heavy atom. The van der Waals surface area contributed by atoms with Gasteiger partial charge in [0.25, 0.3) is 0 Å². The number of benzene rings is 2. The molecule has 5 nitrogen and oxygen atoms in total. The van der Waals surface area contributed by atoms with Crippen LogP contribution in [0.4, 0.5) is 0 Å². The maximum Gasteiger partial charge on any atom is 0.341 e. The van der Waals surface area contributed by atoms with Crippen LogP contribution >= 0.6 is 12.4 Å². The van der Waals surface area contributed by atoms with Crippen LogP contribution in [0.25, 0.3) is 10.9 Å². The van der Waals surface area contributed by atoms with Gasteiger partial charge in [-0.25, -0.2) is 4.79 Å². The number of carbonyl (C=O) groups is 1. The summed E-state index contributed by atoms with van der Waals surface area (Å²) in [6.07, 6.45) is 0. The third-order valence-electron chi connectivity index (χ3n) is 3.13. The summed E-state index contributed by atoms with van der Waals surface area (Å²) in [6.45, 7) is 0.212. The van der Waals surface area contributed by atoms with Crippen molar-refractivity contribution in [3.05, 3.63) is 60.2 Å². The maximum atomic E-state index is 10.6. The maximum absolute atomic E-state index is 10.6. The largest absolute Gasteiger partial charge is 0.479 e. The van der Waals surface area contributed by atoms with Crippen molar-refractivity contribution >= 4 is 29.3 Å². The smallest absolute Gasteiger partial charge is 0.341 e. The number of aromatic nitrogens is 2. The zero-order chi connectivity index (χ0) is 14.7. The number of carboxylic acid groups (broad SMARTS) is 1. The number of hydrogen-bond acceptors (Lipinski definition) is 3. The lowest BCUT2D eigenvalue weighted by Gasteiger charge is -2.03. The van der Waals surface area contributed by atoms with Crippen LogP contribution in [0, 0.1) is 0 Å². The number of carboxylic acids is 1. The van der Waals surface area contributed by atoms with Crippen molar-refractivity contribution in [2.24, 2.45) is 0 Å². The minimum Gasteiger partial charge on any atom is -0.479 e. The average Bonchev–Trinajstić information content (AvgIpc) is 2.85. The highest BCUT2D eigenvalue weighted by atomic mass is 35.5. The van der Waals surface area contributed by atoms with Gasteiger partial charge in [-0.3, -0.25) is 4.68 Å².